The molecule has 0 saturated heterocycles. The van der Waals surface area contributed by atoms with E-state index < -0.39 is 0 Å². The first-order valence-electron chi connectivity index (χ1n) is 5.47. The second-order valence-corrected chi connectivity index (χ2v) is 4.39. The zero-order valence-electron chi connectivity index (χ0n) is 9.89. The van der Waals surface area contributed by atoms with Gasteiger partial charge in [-0.25, -0.2) is 9.67 Å². The number of aryl methyl sites for hydroxylation is 2. The summed E-state index contributed by atoms with van der Waals surface area (Å²) in [6.07, 6.45) is 0. The van der Waals surface area contributed by atoms with Crippen LogP contribution in [0.3, 0.4) is 0 Å². The standard InChI is InChI=1S/C12H15ClN4/c1-8-15-9(2)17(16-8)12(7-14)10-3-5-11(13)6-4-10/h3-6,12H,7,14H2,1-2H3. The van der Waals surface area contributed by atoms with Gasteiger partial charge in [-0.3, -0.25) is 0 Å². The first-order valence-corrected chi connectivity index (χ1v) is 5.85. The average Bonchev–Trinajstić information content (AvgIpc) is 2.62. The van der Waals surface area contributed by atoms with E-state index in [2.05, 4.69) is 10.1 Å². The van der Waals surface area contributed by atoms with E-state index >= 15 is 0 Å². The van der Waals surface area contributed by atoms with Gasteiger partial charge in [-0.05, 0) is 31.5 Å². The fraction of sp³-hybridized carbons (Fsp3) is 0.333. The van der Waals surface area contributed by atoms with Crippen LogP contribution in [0.5, 0.6) is 0 Å². The summed E-state index contributed by atoms with van der Waals surface area (Å²) < 4.78 is 1.86. The monoisotopic (exact) mass is 250 g/mol. The normalized spacial score (nSPS) is 12.7. The van der Waals surface area contributed by atoms with Crippen LogP contribution in [-0.2, 0) is 0 Å². The van der Waals surface area contributed by atoms with Gasteiger partial charge in [0.2, 0.25) is 0 Å². The van der Waals surface area contributed by atoms with E-state index in [1.54, 1.807) is 0 Å². The highest BCUT2D eigenvalue weighted by Gasteiger charge is 2.15. The zero-order valence-corrected chi connectivity index (χ0v) is 10.6. The van der Waals surface area contributed by atoms with Gasteiger partial charge in [0.1, 0.15) is 11.6 Å². The zero-order chi connectivity index (χ0) is 12.4. The third-order valence-corrected chi connectivity index (χ3v) is 2.93. The lowest BCUT2D eigenvalue weighted by Crippen LogP contribution is -2.22. The van der Waals surface area contributed by atoms with Crippen LogP contribution in [0.25, 0.3) is 0 Å². The maximum Gasteiger partial charge on any atom is 0.147 e. The van der Waals surface area contributed by atoms with Gasteiger partial charge in [-0.2, -0.15) is 5.10 Å². The molecule has 17 heavy (non-hydrogen) atoms. The molecule has 0 aliphatic carbocycles. The summed E-state index contributed by atoms with van der Waals surface area (Å²) in [6.45, 7) is 4.28. The minimum Gasteiger partial charge on any atom is -0.328 e. The molecule has 5 heteroatoms. The predicted molar refractivity (Wildman–Crippen MR) is 68.1 cm³/mol. The summed E-state index contributed by atoms with van der Waals surface area (Å²) in [4.78, 5) is 4.29. The highest BCUT2D eigenvalue weighted by Crippen LogP contribution is 2.20. The van der Waals surface area contributed by atoms with Crippen molar-refractivity contribution in [1.29, 1.82) is 0 Å². The number of nitrogens with two attached hydrogens (primary N) is 1. The van der Waals surface area contributed by atoms with Crippen LogP contribution in [0.1, 0.15) is 23.3 Å². The smallest absolute Gasteiger partial charge is 0.147 e. The fourth-order valence-corrected chi connectivity index (χ4v) is 2.02. The number of aromatic nitrogens is 3. The van der Waals surface area contributed by atoms with Crippen LogP contribution in [0.4, 0.5) is 0 Å². The van der Waals surface area contributed by atoms with Crippen molar-refractivity contribution in [3.8, 4) is 0 Å². The summed E-state index contributed by atoms with van der Waals surface area (Å²) in [5, 5.41) is 5.09. The summed E-state index contributed by atoms with van der Waals surface area (Å²) in [7, 11) is 0. The quantitative estimate of drug-likeness (QED) is 0.908. The lowest BCUT2D eigenvalue weighted by molar-refractivity contribution is 0.514. The van der Waals surface area contributed by atoms with E-state index in [1.165, 1.54) is 0 Å². The van der Waals surface area contributed by atoms with Crippen LogP contribution in [0.2, 0.25) is 5.02 Å². The van der Waals surface area contributed by atoms with E-state index in [0.717, 1.165) is 22.2 Å². The Hall–Kier alpha value is -1.39. The van der Waals surface area contributed by atoms with Crippen molar-refractivity contribution in [2.75, 3.05) is 6.54 Å². The Morgan fingerprint density at radius 1 is 1.29 bits per heavy atom. The van der Waals surface area contributed by atoms with Gasteiger partial charge in [0.25, 0.3) is 0 Å². The maximum absolute atomic E-state index is 5.87. The number of rotatable bonds is 3. The molecular formula is C12H15ClN4. The van der Waals surface area contributed by atoms with Crippen molar-refractivity contribution in [2.45, 2.75) is 19.9 Å². The topological polar surface area (TPSA) is 56.7 Å². The molecule has 1 aromatic carbocycles. The van der Waals surface area contributed by atoms with E-state index in [0.29, 0.717) is 6.54 Å². The van der Waals surface area contributed by atoms with E-state index in [9.17, 15) is 0 Å². The maximum atomic E-state index is 5.87. The number of halogens is 1. The lowest BCUT2D eigenvalue weighted by atomic mass is 10.1. The van der Waals surface area contributed by atoms with Gasteiger partial charge in [0.15, 0.2) is 0 Å². The number of nitrogens with zero attached hydrogens (tertiary/aromatic N) is 3. The minimum absolute atomic E-state index is 0.00784. The summed E-state index contributed by atoms with van der Waals surface area (Å²) in [6, 6.07) is 7.66. The molecular weight excluding hydrogens is 236 g/mol. The van der Waals surface area contributed by atoms with Gasteiger partial charge >= 0.3 is 0 Å². The molecule has 2 aromatic rings. The van der Waals surface area contributed by atoms with Gasteiger partial charge < -0.3 is 5.73 Å². The van der Waals surface area contributed by atoms with Gasteiger partial charge in [0.05, 0.1) is 6.04 Å². The van der Waals surface area contributed by atoms with Gasteiger partial charge in [-0.15, -0.1) is 0 Å². The Morgan fingerprint density at radius 2 is 1.94 bits per heavy atom. The van der Waals surface area contributed by atoms with Gasteiger partial charge in [0, 0.05) is 11.6 Å². The Bertz CT molecular complexity index is 504. The highest BCUT2D eigenvalue weighted by molar-refractivity contribution is 6.30. The molecule has 1 aromatic heterocycles. The molecule has 1 unspecified atom stereocenters. The van der Waals surface area contributed by atoms with Crippen LogP contribution in [0.15, 0.2) is 24.3 Å². The van der Waals surface area contributed by atoms with Crippen LogP contribution in [0, 0.1) is 13.8 Å². The van der Waals surface area contributed by atoms with Crippen molar-refractivity contribution in [2.24, 2.45) is 5.73 Å². The third-order valence-electron chi connectivity index (χ3n) is 2.68. The SMILES string of the molecule is Cc1nc(C)n(C(CN)c2ccc(Cl)cc2)n1. The number of hydrogen-bond acceptors (Lipinski definition) is 3. The van der Waals surface area contributed by atoms with Crippen LogP contribution in [-0.4, -0.2) is 21.3 Å². The molecule has 0 aliphatic rings. The van der Waals surface area contributed by atoms with Crippen LogP contribution < -0.4 is 5.73 Å². The number of hydrogen-bond donors (Lipinski definition) is 1. The Morgan fingerprint density at radius 3 is 2.41 bits per heavy atom. The lowest BCUT2D eigenvalue weighted by Gasteiger charge is -2.16. The summed E-state index contributed by atoms with van der Waals surface area (Å²) in [5.74, 6) is 1.63. The Kier molecular flexibility index (Phi) is 3.45. The molecule has 0 saturated carbocycles. The average molecular weight is 251 g/mol. The van der Waals surface area contributed by atoms with Gasteiger partial charge in [-0.1, -0.05) is 23.7 Å². The fourth-order valence-electron chi connectivity index (χ4n) is 1.89. The molecule has 0 bridgehead atoms. The number of benzene rings is 1. The molecule has 0 radical (unpaired) electrons. The van der Waals surface area contributed by atoms with E-state index in [1.807, 2.05) is 42.8 Å². The third kappa shape index (κ3) is 2.48. The second kappa shape index (κ2) is 4.85. The minimum atomic E-state index is 0.00784. The molecule has 0 amide bonds. The Balaban J connectivity index is 2.39. The molecule has 2 N–H and O–H groups in total. The van der Waals surface area contributed by atoms with Crippen molar-refractivity contribution < 1.29 is 0 Å². The first-order chi connectivity index (χ1) is 8.11. The molecule has 4 nitrogen and oxygen atoms in total. The van der Waals surface area contributed by atoms with Crippen molar-refractivity contribution in [1.82, 2.24) is 14.8 Å². The van der Waals surface area contributed by atoms with E-state index in [-0.39, 0.29) is 6.04 Å². The largest absolute Gasteiger partial charge is 0.328 e. The van der Waals surface area contributed by atoms with Crippen molar-refractivity contribution in [3.05, 3.63) is 46.5 Å². The molecule has 0 fully saturated rings. The predicted octanol–water partition coefficient (Wildman–Crippen LogP) is 2.10. The molecule has 2 rings (SSSR count). The van der Waals surface area contributed by atoms with Crippen LogP contribution >= 0.6 is 11.6 Å². The first kappa shape index (κ1) is 12.1. The van der Waals surface area contributed by atoms with Crippen molar-refractivity contribution in [3.63, 3.8) is 0 Å². The second-order valence-electron chi connectivity index (χ2n) is 3.95. The Labute approximate surface area is 105 Å². The summed E-state index contributed by atoms with van der Waals surface area (Å²) >= 11 is 5.87. The highest BCUT2D eigenvalue weighted by atomic mass is 35.5. The van der Waals surface area contributed by atoms with Crippen molar-refractivity contribution >= 4 is 11.6 Å². The molecule has 0 aliphatic heterocycles. The van der Waals surface area contributed by atoms with E-state index in [4.69, 9.17) is 17.3 Å². The molecule has 0 spiro atoms. The molecule has 1 atom stereocenters. The molecule has 90 valence electrons. The molecule has 1 heterocycles. The summed E-state index contributed by atoms with van der Waals surface area (Å²) in [5.41, 5.74) is 6.92.